The average molecular weight is 289 g/mol. The van der Waals surface area contributed by atoms with E-state index in [-0.39, 0.29) is 0 Å². The molecule has 1 saturated heterocycles. The zero-order chi connectivity index (χ0) is 15.2. The van der Waals surface area contributed by atoms with Crippen molar-refractivity contribution in [3.8, 4) is 0 Å². The van der Waals surface area contributed by atoms with Gasteiger partial charge in [0.05, 0.1) is 0 Å². The van der Waals surface area contributed by atoms with E-state index in [1.54, 1.807) is 0 Å². The fraction of sp³-hybridized carbons (Fsp3) is 0.667. The van der Waals surface area contributed by atoms with Gasteiger partial charge in [-0.1, -0.05) is 38.1 Å². The van der Waals surface area contributed by atoms with Crippen LogP contribution in [0.15, 0.2) is 24.3 Å². The maximum Gasteiger partial charge on any atom is 0.0237 e. The number of hydrogen-bond donors (Lipinski definition) is 1. The second-order valence-corrected chi connectivity index (χ2v) is 6.92. The van der Waals surface area contributed by atoms with Gasteiger partial charge in [-0.2, -0.15) is 0 Å². The molecule has 0 aliphatic carbocycles. The van der Waals surface area contributed by atoms with Crippen LogP contribution in [0.3, 0.4) is 0 Å². The Labute approximate surface area is 130 Å². The molecule has 118 valence electrons. The number of nitrogens with one attached hydrogen (secondary N) is 1. The van der Waals surface area contributed by atoms with Crippen molar-refractivity contribution in [2.24, 2.45) is 5.92 Å². The molecule has 0 radical (unpaired) electrons. The van der Waals surface area contributed by atoms with Crippen LogP contribution < -0.4 is 5.32 Å². The molecule has 3 heteroatoms. The van der Waals surface area contributed by atoms with E-state index in [1.807, 2.05) is 0 Å². The number of piperazine rings is 1. The summed E-state index contributed by atoms with van der Waals surface area (Å²) in [6.07, 6.45) is 0. The van der Waals surface area contributed by atoms with Gasteiger partial charge in [0, 0.05) is 38.8 Å². The molecule has 1 aromatic rings. The third kappa shape index (κ3) is 5.42. The predicted molar refractivity (Wildman–Crippen MR) is 90.4 cm³/mol. The molecular weight excluding hydrogens is 258 g/mol. The first-order valence-corrected chi connectivity index (χ1v) is 8.25. The highest BCUT2D eigenvalue weighted by Crippen LogP contribution is 2.13. The fourth-order valence-electron chi connectivity index (χ4n) is 2.91. The quantitative estimate of drug-likeness (QED) is 0.868. The van der Waals surface area contributed by atoms with Crippen LogP contribution in [0.1, 0.15) is 31.9 Å². The molecule has 0 amide bonds. The standard InChI is InChI=1S/C18H31N3/c1-15(2)11-19-12-17-5-7-18(8-6-17)14-21-10-9-20(4)13-16(21)3/h5-8,15-16,19H,9-14H2,1-4H3. The number of rotatable bonds is 6. The van der Waals surface area contributed by atoms with E-state index in [0.29, 0.717) is 12.0 Å². The Bertz CT molecular complexity index is 413. The van der Waals surface area contributed by atoms with Gasteiger partial charge in [0.15, 0.2) is 0 Å². The van der Waals surface area contributed by atoms with Crippen molar-refractivity contribution in [2.45, 2.75) is 39.9 Å². The normalized spacial score (nSPS) is 21.1. The van der Waals surface area contributed by atoms with Gasteiger partial charge in [-0.15, -0.1) is 0 Å². The lowest BCUT2D eigenvalue weighted by atomic mass is 10.1. The molecule has 1 unspecified atom stereocenters. The van der Waals surface area contributed by atoms with Crippen LogP contribution in [0.2, 0.25) is 0 Å². The van der Waals surface area contributed by atoms with Crippen molar-refractivity contribution < 1.29 is 0 Å². The van der Waals surface area contributed by atoms with Gasteiger partial charge in [-0.25, -0.2) is 0 Å². The zero-order valence-corrected chi connectivity index (χ0v) is 14.1. The summed E-state index contributed by atoms with van der Waals surface area (Å²) < 4.78 is 0. The third-order valence-corrected chi connectivity index (χ3v) is 4.26. The molecule has 0 bridgehead atoms. The zero-order valence-electron chi connectivity index (χ0n) is 14.1. The summed E-state index contributed by atoms with van der Waals surface area (Å²) >= 11 is 0. The SMILES string of the molecule is CC(C)CNCc1ccc(CN2CCN(C)CC2C)cc1. The van der Waals surface area contributed by atoms with Crippen molar-refractivity contribution >= 4 is 0 Å². The molecule has 1 N–H and O–H groups in total. The third-order valence-electron chi connectivity index (χ3n) is 4.26. The highest BCUT2D eigenvalue weighted by Gasteiger charge is 2.21. The van der Waals surface area contributed by atoms with E-state index in [1.165, 1.54) is 30.8 Å². The summed E-state index contributed by atoms with van der Waals surface area (Å²) in [4.78, 5) is 5.01. The summed E-state index contributed by atoms with van der Waals surface area (Å²) in [5.74, 6) is 0.711. The van der Waals surface area contributed by atoms with Crippen LogP contribution >= 0.6 is 0 Å². The molecule has 0 spiro atoms. The van der Waals surface area contributed by atoms with Crippen molar-refractivity contribution in [1.29, 1.82) is 0 Å². The van der Waals surface area contributed by atoms with Gasteiger partial charge in [0.25, 0.3) is 0 Å². The smallest absolute Gasteiger partial charge is 0.0237 e. The van der Waals surface area contributed by atoms with E-state index in [9.17, 15) is 0 Å². The van der Waals surface area contributed by atoms with Gasteiger partial charge in [0.2, 0.25) is 0 Å². The Hall–Kier alpha value is -0.900. The van der Waals surface area contributed by atoms with Gasteiger partial charge >= 0.3 is 0 Å². The lowest BCUT2D eigenvalue weighted by molar-refractivity contribution is 0.0938. The van der Waals surface area contributed by atoms with Gasteiger partial charge in [-0.3, -0.25) is 4.90 Å². The van der Waals surface area contributed by atoms with E-state index >= 15 is 0 Å². The number of benzene rings is 1. The van der Waals surface area contributed by atoms with E-state index in [2.05, 4.69) is 67.2 Å². The second-order valence-electron chi connectivity index (χ2n) is 6.92. The van der Waals surface area contributed by atoms with Crippen LogP contribution in [0.5, 0.6) is 0 Å². The Kier molecular flexibility index (Phi) is 6.22. The summed E-state index contributed by atoms with van der Waals surface area (Å²) in [5.41, 5.74) is 2.81. The Morgan fingerprint density at radius 1 is 1.14 bits per heavy atom. The molecule has 1 fully saturated rings. The van der Waals surface area contributed by atoms with Crippen LogP contribution in [0, 0.1) is 5.92 Å². The van der Waals surface area contributed by atoms with Crippen LogP contribution in [0.4, 0.5) is 0 Å². The van der Waals surface area contributed by atoms with Crippen LogP contribution in [0.25, 0.3) is 0 Å². The van der Waals surface area contributed by atoms with Gasteiger partial charge in [-0.05, 0) is 37.6 Å². The molecule has 1 heterocycles. The second kappa shape index (κ2) is 7.92. The lowest BCUT2D eigenvalue weighted by Crippen LogP contribution is -2.49. The van der Waals surface area contributed by atoms with Crippen LogP contribution in [-0.4, -0.2) is 49.1 Å². The Balaban J connectivity index is 1.82. The summed E-state index contributed by atoms with van der Waals surface area (Å²) in [7, 11) is 2.22. The highest BCUT2D eigenvalue weighted by molar-refractivity contribution is 5.22. The first kappa shape index (κ1) is 16.5. The molecule has 3 nitrogen and oxygen atoms in total. The largest absolute Gasteiger partial charge is 0.312 e. The summed E-state index contributed by atoms with van der Waals surface area (Å²) in [6, 6.07) is 9.76. The number of nitrogens with zero attached hydrogens (tertiary/aromatic N) is 2. The van der Waals surface area contributed by atoms with Crippen LogP contribution in [-0.2, 0) is 13.1 Å². The number of likely N-dealkylation sites (N-methyl/N-ethyl adjacent to an activating group) is 1. The summed E-state index contributed by atoms with van der Waals surface area (Å²) in [6.45, 7) is 13.5. The highest BCUT2D eigenvalue weighted by atomic mass is 15.3. The van der Waals surface area contributed by atoms with Crippen molar-refractivity contribution in [3.63, 3.8) is 0 Å². The van der Waals surface area contributed by atoms with Crippen molar-refractivity contribution in [1.82, 2.24) is 15.1 Å². The molecule has 1 atom stereocenters. The van der Waals surface area contributed by atoms with Gasteiger partial charge in [0.1, 0.15) is 0 Å². The topological polar surface area (TPSA) is 18.5 Å². The van der Waals surface area contributed by atoms with E-state index < -0.39 is 0 Å². The van der Waals surface area contributed by atoms with Gasteiger partial charge < -0.3 is 10.2 Å². The lowest BCUT2D eigenvalue weighted by Gasteiger charge is -2.38. The molecule has 2 rings (SSSR count). The predicted octanol–water partition coefficient (Wildman–Crippen LogP) is 2.57. The van der Waals surface area contributed by atoms with Crippen molar-refractivity contribution in [2.75, 3.05) is 33.2 Å². The molecule has 1 aliphatic heterocycles. The van der Waals surface area contributed by atoms with E-state index in [4.69, 9.17) is 0 Å². The Morgan fingerprint density at radius 2 is 1.81 bits per heavy atom. The molecule has 1 aliphatic rings. The van der Waals surface area contributed by atoms with Crippen molar-refractivity contribution in [3.05, 3.63) is 35.4 Å². The first-order chi connectivity index (χ1) is 10.0. The minimum atomic E-state index is 0.649. The minimum Gasteiger partial charge on any atom is -0.312 e. The fourth-order valence-corrected chi connectivity index (χ4v) is 2.91. The Morgan fingerprint density at radius 3 is 2.43 bits per heavy atom. The van der Waals surface area contributed by atoms with E-state index in [0.717, 1.165) is 19.6 Å². The molecular formula is C18H31N3. The minimum absolute atomic E-state index is 0.649. The molecule has 0 saturated carbocycles. The molecule has 0 aromatic heterocycles. The number of hydrogen-bond acceptors (Lipinski definition) is 3. The monoisotopic (exact) mass is 289 g/mol. The maximum absolute atomic E-state index is 3.50. The molecule has 1 aromatic carbocycles. The maximum atomic E-state index is 3.50. The first-order valence-electron chi connectivity index (χ1n) is 8.25. The molecule has 21 heavy (non-hydrogen) atoms. The average Bonchev–Trinajstić information content (AvgIpc) is 2.43. The summed E-state index contributed by atoms with van der Waals surface area (Å²) in [5, 5.41) is 3.50.